The molecule has 0 bridgehead atoms. The molecule has 0 aliphatic rings. The summed E-state index contributed by atoms with van der Waals surface area (Å²) in [6, 6.07) is 13.4. The number of nitrogen functional groups attached to an aromatic ring is 2. The van der Waals surface area contributed by atoms with Crippen molar-refractivity contribution in [1.29, 1.82) is 0 Å². The summed E-state index contributed by atoms with van der Waals surface area (Å²) in [7, 11) is 0. The molecular weight excluding hydrogens is 366 g/mol. The summed E-state index contributed by atoms with van der Waals surface area (Å²) in [5, 5.41) is 4.85. The number of benzene rings is 3. The van der Waals surface area contributed by atoms with Crippen molar-refractivity contribution >= 4 is 34.6 Å². The van der Waals surface area contributed by atoms with E-state index in [1.807, 2.05) is 0 Å². The first-order valence-electron chi connectivity index (χ1n) is 8.16. The summed E-state index contributed by atoms with van der Waals surface area (Å²) in [6.45, 7) is 0. The lowest BCUT2D eigenvalue weighted by molar-refractivity contribution is 0.101. The van der Waals surface area contributed by atoms with E-state index >= 15 is 0 Å². The van der Waals surface area contributed by atoms with Crippen LogP contribution in [0.1, 0.15) is 20.7 Å². The summed E-state index contributed by atoms with van der Waals surface area (Å²) in [5.41, 5.74) is 11.8. The third kappa shape index (κ3) is 4.24. The van der Waals surface area contributed by atoms with Crippen LogP contribution in [-0.2, 0) is 0 Å². The minimum atomic E-state index is -0.658. The van der Waals surface area contributed by atoms with Gasteiger partial charge >= 0.3 is 0 Å². The molecule has 0 aliphatic heterocycles. The third-order valence-electron chi connectivity index (χ3n) is 3.89. The molecule has 0 aromatic heterocycles. The second-order valence-corrected chi connectivity index (χ2v) is 5.96. The van der Waals surface area contributed by atoms with E-state index < -0.39 is 23.4 Å². The second-order valence-electron chi connectivity index (χ2n) is 5.96. The fourth-order valence-corrected chi connectivity index (χ4v) is 2.43. The molecular formula is C20H16F2N4O2. The molecule has 6 N–H and O–H groups in total. The fraction of sp³-hybridized carbons (Fsp3) is 0. The zero-order valence-electron chi connectivity index (χ0n) is 14.5. The Bertz CT molecular complexity index is 968. The van der Waals surface area contributed by atoms with Gasteiger partial charge in [0.1, 0.15) is 11.6 Å². The normalized spacial score (nSPS) is 10.4. The quantitative estimate of drug-likeness (QED) is 0.516. The van der Waals surface area contributed by atoms with E-state index in [4.69, 9.17) is 11.5 Å². The van der Waals surface area contributed by atoms with Crippen molar-refractivity contribution in [3.8, 4) is 0 Å². The molecule has 2 amide bonds. The third-order valence-corrected chi connectivity index (χ3v) is 3.89. The van der Waals surface area contributed by atoms with E-state index in [1.165, 1.54) is 48.5 Å². The molecule has 0 saturated heterocycles. The molecule has 0 fully saturated rings. The van der Waals surface area contributed by atoms with E-state index in [-0.39, 0.29) is 33.9 Å². The first-order valence-corrected chi connectivity index (χ1v) is 8.16. The van der Waals surface area contributed by atoms with Crippen LogP contribution < -0.4 is 22.1 Å². The van der Waals surface area contributed by atoms with Gasteiger partial charge in [-0.15, -0.1) is 0 Å². The largest absolute Gasteiger partial charge is 0.399 e. The van der Waals surface area contributed by atoms with Crippen LogP contribution in [0.15, 0.2) is 60.7 Å². The van der Waals surface area contributed by atoms with Gasteiger partial charge in [-0.3, -0.25) is 9.59 Å². The lowest BCUT2D eigenvalue weighted by Crippen LogP contribution is -2.15. The lowest BCUT2D eigenvalue weighted by atomic mass is 10.1. The predicted octanol–water partition coefficient (Wildman–Crippen LogP) is 3.63. The predicted molar refractivity (Wildman–Crippen MR) is 104 cm³/mol. The number of hydrogen-bond donors (Lipinski definition) is 4. The van der Waals surface area contributed by atoms with Crippen molar-refractivity contribution in [3.05, 3.63) is 83.4 Å². The molecule has 0 spiro atoms. The Morgan fingerprint density at radius 3 is 1.32 bits per heavy atom. The number of nitrogens with one attached hydrogen (secondary N) is 2. The van der Waals surface area contributed by atoms with Gasteiger partial charge in [0, 0.05) is 22.5 Å². The highest BCUT2D eigenvalue weighted by Gasteiger charge is 2.13. The van der Waals surface area contributed by atoms with Crippen LogP contribution in [0.5, 0.6) is 0 Å². The number of amides is 2. The molecule has 3 aromatic carbocycles. The van der Waals surface area contributed by atoms with Crippen molar-refractivity contribution in [3.63, 3.8) is 0 Å². The van der Waals surface area contributed by atoms with Gasteiger partial charge in [0.2, 0.25) is 0 Å². The van der Waals surface area contributed by atoms with Gasteiger partial charge in [-0.1, -0.05) is 0 Å². The Hall–Kier alpha value is -3.94. The van der Waals surface area contributed by atoms with Crippen LogP contribution in [0, 0.1) is 11.6 Å². The van der Waals surface area contributed by atoms with Gasteiger partial charge in [0.05, 0.1) is 11.4 Å². The molecule has 0 aliphatic carbocycles. The van der Waals surface area contributed by atoms with Crippen molar-refractivity contribution in [1.82, 2.24) is 0 Å². The lowest BCUT2D eigenvalue weighted by Gasteiger charge is -2.09. The average molecular weight is 382 g/mol. The molecule has 3 rings (SSSR count). The maximum Gasteiger partial charge on any atom is 0.255 e. The molecule has 142 valence electrons. The maximum absolute atomic E-state index is 13.8. The van der Waals surface area contributed by atoms with Gasteiger partial charge in [-0.25, -0.2) is 8.78 Å². The SMILES string of the molecule is Nc1ccc(NC(=O)c2ccc(C(=O)Nc3ccc(N)cc3F)cc2)c(F)c1. The molecule has 6 nitrogen and oxygen atoms in total. The van der Waals surface area contributed by atoms with Gasteiger partial charge in [0.15, 0.2) is 0 Å². The molecule has 0 unspecified atom stereocenters. The van der Waals surface area contributed by atoms with Crippen molar-refractivity contribution in [2.75, 3.05) is 22.1 Å². The number of hydrogen-bond acceptors (Lipinski definition) is 4. The molecule has 3 aromatic rings. The summed E-state index contributed by atoms with van der Waals surface area (Å²) in [6.07, 6.45) is 0. The summed E-state index contributed by atoms with van der Waals surface area (Å²) >= 11 is 0. The second kappa shape index (κ2) is 7.75. The number of carbonyl (C=O) groups is 2. The Kier molecular flexibility index (Phi) is 5.21. The monoisotopic (exact) mass is 382 g/mol. The molecule has 0 radical (unpaired) electrons. The molecule has 8 heteroatoms. The van der Waals surface area contributed by atoms with Gasteiger partial charge < -0.3 is 22.1 Å². The first kappa shape index (κ1) is 18.8. The first-order chi connectivity index (χ1) is 13.3. The number of nitrogens with two attached hydrogens (primary N) is 2. The van der Waals surface area contributed by atoms with Crippen LogP contribution in [0.3, 0.4) is 0 Å². The van der Waals surface area contributed by atoms with Crippen LogP contribution in [0.4, 0.5) is 31.5 Å². The molecule has 0 atom stereocenters. The van der Waals surface area contributed by atoms with Gasteiger partial charge in [0.25, 0.3) is 11.8 Å². The number of carbonyl (C=O) groups excluding carboxylic acids is 2. The number of anilines is 4. The summed E-state index contributed by atoms with van der Waals surface area (Å²) in [4.78, 5) is 24.5. The molecule has 28 heavy (non-hydrogen) atoms. The van der Waals surface area contributed by atoms with Crippen molar-refractivity contribution < 1.29 is 18.4 Å². The van der Waals surface area contributed by atoms with E-state index in [1.54, 1.807) is 0 Å². The number of rotatable bonds is 4. The molecule has 0 heterocycles. The zero-order valence-corrected chi connectivity index (χ0v) is 14.5. The van der Waals surface area contributed by atoms with Crippen LogP contribution >= 0.6 is 0 Å². The maximum atomic E-state index is 13.8. The standard InChI is InChI=1S/C20H16F2N4O2/c21-15-9-13(23)5-7-17(15)25-19(27)11-1-2-12(4-3-11)20(28)26-18-8-6-14(24)10-16(18)22/h1-10H,23-24H2,(H,25,27)(H,26,28). The highest BCUT2D eigenvalue weighted by Crippen LogP contribution is 2.19. The van der Waals surface area contributed by atoms with Crippen molar-refractivity contribution in [2.24, 2.45) is 0 Å². The number of halogens is 2. The van der Waals surface area contributed by atoms with Crippen LogP contribution in [-0.4, -0.2) is 11.8 Å². The zero-order chi connectivity index (χ0) is 20.3. The van der Waals surface area contributed by atoms with Gasteiger partial charge in [-0.2, -0.15) is 0 Å². The minimum Gasteiger partial charge on any atom is -0.399 e. The van der Waals surface area contributed by atoms with Crippen molar-refractivity contribution in [2.45, 2.75) is 0 Å². The van der Waals surface area contributed by atoms with E-state index in [0.717, 1.165) is 12.1 Å². The van der Waals surface area contributed by atoms with E-state index in [2.05, 4.69) is 10.6 Å². The minimum absolute atomic E-state index is 0.0140. The average Bonchev–Trinajstić information content (AvgIpc) is 2.66. The Morgan fingerprint density at radius 2 is 1.00 bits per heavy atom. The Morgan fingerprint density at radius 1 is 0.643 bits per heavy atom. The smallest absolute Gasteiger partial charge is 0.255 e. The Balaban J connectivity index is 1.70. The topological polar surface area (TPSA) is 110 Å². The Labute approximate surface area is 159 Å². The molecule has 0 saturated carbocycles. The highest BCUT2D eigenvalue weighted by molar-refractivity contribution is 6.07. The van der Waals surface area contributed by atoms with Gasteiger partial charge in [-0.05, 0) is 60.7 Å². The highest BCUT2D eigenvalue weighted by atomic mass is 19.1. The van der Waals surface area contributed by atoms with E-state index in [0.29, 0.717) is 0 Å². The summed E-state index contributed by atoms with van der Waals surface area (Å²) in [5.74, 6) is -2.43. The van der Waals surface area contributed by atoms with Crippen LogP contribution in [0.2, 0.25) is 0 Å². The van der Waals surface area contributed by atoms with E-state index in [9.17, 15) is 18.4 Å². The summed E-state index contributed by atoms with van der Waals surface area (Å²) < 4.78 is 27.5. The fourth-order valence-electron chi connectivity index (χ4n) is 2.43. The van der Waals surface area contributed by atoms with Crippen LogP contribution in [0.25, 0.3) is 0 Å².